The van der Waals surface area contributed by atoms with Gasteiger partial charge in [-0.3, -0.25) is 0 Å². The number of ether oxygens (including phenoxy) is 1. The van der Waals surface area contributed by atoms with Gasteiger partial charge in [-0.05, 0) is 30.3 Å². The summed E-state index contributed by atoms with van der Waals surface area (Å²) >= 11 is 11.8. The number of benzene rings is 2. The highest BCUT2D eigenvalue weighted by Gasteiger charge is 2.06. The molecule has 0 saturated carbocycles. The lowest BCUT2D eigenvalue weighted by Crippen LogP contribution is -2.00. The summed E-state index contributed by atoms with van der Waals surface area (Å²) in [5, 5.41) is 4.31. The molecule has 0 radical (unpaired) electrons. The number of rotatable bonds is 4. The molecule has 20 heavy (non-hydrogen) atoms. The molecule has 0 aliphatic rings. The van der Waals surface area contributed by atoms with Crippen LogP contribution in [-0.2, 0) is 6.61 Å². The van der Waals surface area contributed by atoms with Crippen molar-refractivity contribution < 1.29 is 9.13 Å². The van der Waals surface area contributed by atoms with Gasteiger partial charge in [0.05, 0.1) is 11.2 Å². The van der Waals surface area contributed by atoms with E-state index < -0.39 is 0 Å². The van der Waals surface area contributed by atoms with Crippen LogP contribution < -0.4 is 10.6 Å². The predicted octanol–water partition coefficient (Wildman–Crippen LogP) is 4.00. The van der Waals surface area contributed by atoms with Crippen molar-refractivity contribution in [3.63, 3.8) is 0 Å². The topological polar surface area (TPSA) is 47.6 Å². The van der Waals surface area contributed by atoms with Crippen LogP contribution in [0, 0.1) is 5.82 Å². The van der Waals surface area contributed by atoms with Crippen LogP contribution in [0.3, 0.4) is 0 Å². The van der Waals surface area contributed by atoms with E-state index in [0.29, 0.717) is 26.9 Å². The molecule has 2 aromatic carbocycles. The molecule has 3 nitrogen and oxygen atoms in total. The van der Waals surface area contributed by atoms with Gasteiger partial charge in [0.1, 0.15) is 18.2 Å². The molecule has 0 fully saturated rings. The first-order chi connectivity index (χ1) is 9.60. The fraction of sp³-hybridized carbons (Fsp3) is 0.0714. The van der Waals surface area contributed by atoms with E-state index in [1.54, 1.807) is 24.3 Å². The van der Waals surface area contributed by atoms with E-state index in [0.717, 1.165) is 0 Å². The second-order valence-corrected chi connectivity index (χ2v) is 4.83. The Morgan fingerprint density at radius 2 is 2.00 bits per heavy atom. The fourth-order valence-corrected chi connectivity index (χ4v) is 2.03. The molecule has 0 aromatic heterocycles. The van der Waals surface area contributed by atoms with Crippen molar-refractivity contribution in [2.75, 3.05) is 0 Å². The van der Waals surface area contributed by atoms with E-state index in [1.807, 2.05) is 0 Å². The maximum absolute atomic E-state index is 12.9. The fourth-order valence-electron chi connectivity index (χ4n) is 1.63. The van der Waals surface area contributed by atoms with Gasteiger partial charge in [-0.15, -0.1) is 0 Å². The van der Waals surface area contributed by atoms with Gasteiger partial charge in [-0.1, -0.05) is 29.3 Å². The van der Waals surface area contributed by atoms with E-state index in [9.17, 15) is 4.39 Å². The van der Waals surface area contributed by atoms with Gasteiger partial charge in [-0.25, -0.2) is 4.39 Å². The standard InChI is InChI=1S/C14H11Cl2FN2O/c15-11-2-4-14(10(5-11)7-19-18)20-8-9-1-3-12(17)6-13(9)16/h1-7H,8,18H2. The molecule has 0 saturated heterocycles. The maximum atomic E-state index is 12.9. The normalized spacial score (nSPS) is 10.9. The maximum Gasteiger partial charge on any atom is 0.128 e. The molecule has 0 aliphatic heterocycles. The summed E-state index contributed by atoms with van der Waals surface area (Å²) in [6.07, 6.45) is 1.44. The number of halogens is 3. The Labute approximate surface area is 125 Å². The van der Waals surface area contributed by atoms with Gasteiger partial charge >= 0.3 is 0 Å². The van der Waals surface area contributed by atoms with Crippen molar-refractivity contribution in [3.8, 4) is 5.75 Å². The first-order valence-electron chi connectivity index (χ1n) is 5.69. The molecular formula is C14H11Cl2FN2O. The molecule has 0 spiro atoms. The highest BCUT2D eigenvalue weighted by atomic mass is 35.5. The van der Waals surface area contributed by atoms with Crippen LogP contribution >= 0.6 is 23.2 Å². The SMILES string of the molecule is NN=Cc1cc(Cl)ccc1OCc1ccc(F)cc1Cl. The van der Waals surface area contributed by atoms with Crippen LogP contribution in [0.5, 0.6) is 5.75 Å². The summed E-state index contributed by atoms with van der Waals surface area (Å²) in [6.45, 7) is 0.201. The monoisotopic (exact) mass is 312 g/mol. The Bertz CT molecular complexity index is 647. The molecule has 0 aliphatic carbocycles. The Morgan fingerprint density at radius 3 is 2.70 bits per heavy atom. The van der Waals surface area contributed by atoms with Crippen molar-refractivity contribution in [1.29, 1.82) is 0 Å². The third kappa shape index (κ3) is 3.62. The number of hydrogen-bond donors (Lipinski definition) is 1. The van der Waals surface area contributed by atoms with E-state index in [2.05, 4.69) is 5.10 Å². The number of hydrazone groups is 1. The molecule has 104 valence electrons. The summed E-state index contributed by atoms with van der Waals surface area (Å²) in [5.41, 5.74) is 1.33. The summed E-state index contributed by atoms with van der Waals surface area (Å²) in [4.78, 5) is 0. The average Bonchev–Trinajstić information content (AvgIpc) is 2.40. The zero-order valence-corrected chi connectivity index (χ0v) is 11.8. The molecule has 0 unspecified atom stereocenters. The summed E-state index contributed by atoms with van der Waals surface area (Å²) < 4.78 is 18.6. The Hall–Kier alpha value is -1.78. The van der Waals surface area contributed by atoms with Crippen molar-refractivity contribution >= 4 is 29.4 Å². The van der Waals surface area contributed by atoms with Gasteiger partial charge in [0.25, 0.3) is 0 Å². The minimum atomic E-state index is -0.388. The third-order valence-corrected chi connectivity index (χ3v) is 3.17. The molecule has 0 atom stereocenters. The lowest BCUT2D eigenvalue weighted by molar-refractivity contribution is 0.305. The molecule has 2 N–H and O–H groups in total. The van der Waals surface area contributed by atoms with Crippen molar-refractivity contribution in [2.24, 2.45) is 10.9 Å². The second-order valence-electron chi connectivity index (χ2n) is 3.98. The second kappa shape index (κ2) is 6.59. The van der Waals surface area contributed by atoms with Gasteiger partial charge in [0.2, 0.25) is 0 Å². The molecular weight excluding hydrogens is 302 g/mol. The van der Waals surface area contributed by atoms with Crippen molar-refractivity contribution in [2.45, 2.75) is 6.61 Å². The highest BCUT2D eigenvalue weighted by molar-refractivity contribution is 6.31. The molecule has 2 rings (SSSR count). The zero-order chi connectivity index (χ0) is 14.5. The lowest BCUT2D eigenvalue weighted by atomic mass is 10.2. The van der Waals surface area contributed by atoms with Crippen LogP contribution in [0.4, 0.5) is 4.39 Å². The first kappa shape index (κ1) is 14.6. The largest absolute Gasteiger partial charge is 0.488 e. The average molecular weight is 313 g/mol. The van der Waals surface area contributed by atoms with Gasteiger partial charge in [0, 0.05) is 16.1 Å². The lowest BCUT2D eigenvalue weighted by Gasteiger charge is -2.10. The highest BCUT2D eigenvalue weighted by Crippen LogP contribution is 2.24. The number of nitrogens with zero attached hydrogens (tertiary/aromatic N) is 1. The van der Waals surface area contributed by atoms with Gasteiger partial charge < -0.3 is 10.6 Å². The predicted molar refractivity (Wildman–Crippen MR) is 79.0 cm³/mol. The number of nitrogens with two attached hydrogens (primary N) is 1. The summed E-state index contributed by atoms with van der Waals surface area (Å²) in [6, 6.07) is 9.22. The van der Waals surface area contributed by atoms with Crippen molar-refractivity contribution in [3.05, 3.63) is 63.4 Å². The van der Waals surface area contributed by atoms with E-state index >= 15 is 0 Å². The smallest absolute Gasteiger partial charge is 0.128 e. The molecule has 0 amide bonds. The zero-order valence-electron chi connectivity index (χ0n) is 10.3. The quantitative estimate of drug-likeness (QED) is 0.527. The van der Waals surface area contributed by atoms with Gasteiger partial charge in [-0.2, -0.15) is 5.10 Å². The van der Waals surface area contributed by atoms with Crippen LogP contribution in [0.25, 0.3) is 0 Å². The third-order valence-electron chi connectivity index (χ3n) is 2.58. The Balaban J connectivity index is 2.18. The molecule has 0 bridgehead atoms. The summed E-state index contributed by atoms with van der Waals surface area (Å²) in [7, 11) is 0. The van der Waals surface area contributed by atoms with Crippen LogP contribution in [0.1, 0.15) is 11.1 Å². The van der Waals surface area contributed by atoms with Gasteiger partial charge in [0.15, 0.2) is 0 Å². The van der Waals surface area contributed by atoms with Crippen LogP contribution in [0.15, 0.2) is 41.5 Å². The molecule has 0 heterocycles. The minimum absolute atomic E-state index is 0.201. The minimum Gasteiger partial charge on any atom is -0.488 e. The Morgan fingerprint density at radius 1 is 1.20 bits per heavy atom. The van der Waals surface area contributed by atoms with E-state index in [1.165, 1.54) is 18.3 Å². The van der Waals surface area contributed by atoms with Crippen LogP contribution in [-0.4, -0.2) is 6.21 Å². The van der Waals surface area contributed by atoms with E-state index in [4.69, 9.17) is 33.8 Å². The summed E-state index contributed by atoms with van der Waals surface area (Å²) in [5.74, 6) is 5.31. The molecule has 2 aromatic rings. The molecule has 6 heteroatoms. The van der Waals surface area contributed by atoms with Crippen LogP contribution in [0.2, 0.25) is 10.0 Å². The van der Waals surface area contributed by atoms with Crippen molar-refractivity contribution in [1.82, 2.24) is 0 Å². The Kier molecular flexibility index (Phi) is 4.82. The number of hydrogen-bond acceptors (Lipinski definition) is 3. The van der Waals surface area contributed by atoms with E-state index in [-0.39, 0.29) is 12.4 Å². The first-order valence-corrected chi connectivity index (χ1v) is 6.45.